The van der Waals surface area contributed by atoms with Gasteiger partial charge in [0.2, 0.25) is 0 Å². The van der Waals surface area contributed by atoms with Crippen molar-refractivity contribution in [3.63, 3.8) is 0 Å². The molecular weight excluding hydrogens is 304 g/mol. The lowest BCUT2D eigenvalue weighted by Crippen LogP contribution is -2.10. The number of ether oxygens (including phenoxy) is 1. The van der Waals surface area contributed by atoms with Crippen molar-refractivity contribution in [1.82, 2.24) is 4.98 Å². The standard InChI is InChI=1S/C15H17BrN2O/c1-11(17)14-6-5-12(16)10-15(14)19-9-7-13-4-2-3-8-18-13/h2-6,8,10-11H,7,9,17H2,1H3/t11-/m1/s1. The van der Waals surface area contributed by atoms with Crippen molar-refractivity contribution >= 4 is 15.9 Å². The SMILES string of the molecule is C[C@@H](N)c1ccc(Br)cc1OCCc1ccccn1. The van der Waals surface area contributed by atoms with Gasteiger partial charge in [0.1, 0.15) is 5.75 Å². The summed E-state index contributed by atoms with van der Waals surface area (Å²) in [6, 6.07) is 11.8. The van der Waals surface area contributed by atoms with Crippen LogP contribution in [-0.2, 0) is 6.42 Å². The molecule has 1 atom stereocenters. The molecule has 19 heavy (non-hydrogen) atoms. The van der Waals surface area contributed by atoms with E-state index < -0.39 is 0 Å². The van der Waals surface area contributed by atoms with Gasteiger partial charge in [-0.15, -0.1) is 0 Å². The van der Waals surface area contributed by atoms with E-state index in [0.29, 0.717) is 6.61 Å². The second kappa shape index (κ2) is 6.68. The Balaban J connectivity index is 2.01. The third-order valence-electron chi connectivity index (χ3n) is 2.81. The fourth-order valence-electron chi connectivity index (χ4n) is 1.82. The Hall–Kier alpha value is -1.39. The Morgan fingerprint density at radius 1 is 1.32 bits per heavy atom. The van der Waals surface area contributed by atoms with Crippen LogP contribution in [-0.4, -0.2) is 11.6 Å². The molecule has 0 aliphatic heterocycles. The van der Waals surface area contributed by atoms with Crippen LogP contribution in [0.4, 0.5) is 0 Å². The molecule has 2 N–H and O–H groups in total. The van der Waals surface area contributed by atoms with Gasteiger partial charge < -0.3 is 10.5 Å². The van der Waals surface area contributed by atoms with E-state index >= 15 is 0 Å². The first kappa shape index (κ1) is 14.0. The van der Waals surface area contributed by atoms with Gasteiger partial charge in [0, 0.05) is 34.4 Å². The van der Waals surface area contributed by atoms with Crippen LogP contribution in [0, 0.1) is 0 Å². The molecule has 0 amide bonds. The number of nitrogens with two attached hydrogens (primary N) is 1. The fourth-order valence-corrected chi connectivity index (χ4v) is 2.16. The molecule has 0 saturated carbocycles. The maximum Gasteiger partial charge on any atom is 0.125 e. The average molecular weight is 321 g/mol. The number of nitrogens with zero attached hydrogens (tertiary/aromatic N) is 1. The fraction of sp³-hybridized carbons (Fsp3) is 0.267. The van der Waals surface area contributed by atoms with E-state index in [0.717, 1.165) is 27.9 Å². The second-order valence-corrected chi connectivity index (χ2v) is 5.31. The summed E-state index contributed by atoms with van der Waals surface area (Å²) in [6.07, 6.45) is 2.58. The van der Waals surface area contributed by atoms with Crippen molar-refractivity contribution in [1.29, 1.82) is 0 Å². The quantitative estimate of drug-likeness (QED) is 0.917. The van der Waals surface area contributed by atoms with Crippen LogP contribution in [0.1, 0.15) is 24.2 Å². The molecule has 2 rings (SSSR count). The van der Waals surface area contributed by atoms with Crippen LogP contribution in [0.15, 0.2) is 47.1 Å². The number of aromatic nitrogens is 1. The summed E-state index contributed by atoms with van der Waals surface area (Å²) in [5, 5.41) is 0. The summed E-state index contributed by atoms with van der Waals surface area (Å²) in [7, 11) is 0. The molecule has 0 fully saturated rings. The molecule has 0 radical (unpaired) electrons. The van der Waals surface area contributed by atoms with Gasteiger partial charge in [-0.1, -0.05) is 28.1 Å². The number of benzene rings is 1. The third-order valence-corrected chi connectivity index (χ3v) is 3.30. The molecule has 3 nitrogen and oxygen atoms in total. The molecule has 100 valence electrons. The van der Waals surface area contributed by atoms with Gasteiger partial charge in [-0.2, -0.15) is 0 Å². The highest BCUT2D eigenvalue weighted by atomic mass is 79.9. The van der Waals surface area contributed by atoms with Gasteiger partial charge in [0.15, 0.2) is 0 Å². The highest BCUT2D eigenvalue weighted by molar-refractivity contribution is 9.10. The molecule has 0 bridgehead atoms. The van der Waals surface area contributed by atoms with Gasteiger partial charge >= 0.3 is 0 Å². The molecule has 0 aliphatic carbocycles. The lowest BCUT2D eigenvalue weighted by atomic mass is 10.1. The van der Waals surface area contributed by atoms with E-state index in [4.69, 9.17) is 10.5 Å². The Kier molecular flexibility index (Phi) is 4.93. The molecule has 2 aromatic rings. The third kappa shape index (κ3) is 4.04. The average Bonchev–Trinajstić information content (AvgIpc) is 2.39. The summed E-state index contributed by atoms with van der Waals surface area (Å²) in [5.41, 5.74) is 7.99. The number of rotatable bonds is 5. The number of halogens is 1. The van der Waals surface area contributed by atoms with Crippen molar-refractivity contribution in [2.24, 2.45) is 5.73 Å². The lowest BCUT2D eigenvalue weighted by Gasteiger charge is -2.14. The van der Waals surface area contributed by atoms with E-state index in [9.17, 15) is 0 Å². The molecule has 1 heterocycles. The van der Waals surface area contributed by atoms with Crippen LogP contribution >= 0.6 is 15.9 Å². The lowest BCUT2D eigenvalue weighted by molar-refractivity contribution is 0.315. The maximum atomic E-state index is 5.94. The second-order valence-electron chi connectivity index (χ2n) is 4.39. The van der Waals surface area contributed by atoms with E-state index in [1.807, 2.05) is 43.3 Å². The summed E-state index contributed by atoms with van der Waals surface area (Å²) < 4.78 is 6.82. The van der Waals surface area contributed by atoms with Gasteiger partial charge in [-0.05, 0) is 31.2 Å². The van der Waals surface area contributed by atoms with Crippen molar-refractivity contribution in [2.45, 2.75) is 19.4 Å². The van der Waals surface area contributed by atoms with Gasteiger partial charge in [0.25, 0.3) is 0 Å². The van der Waals surface area contributed by atoms with E-state index in [1.165, 1.54) is 0 Å². The predicted octanol–water partition coefficient (Wildman–Crippen LogP) is 3.49. The minimum Gasteiger partial charge on any atom is -0.493 e. The monoisotopic (exact) mass is 320 g/mol. The normalized spacial score (nSPS) is 12.2. The Morgan fingerprint density at radius 3 is 2.84 bits per heavy atom. The smallest absolute Gasteiger partial charge is 0.125 e. The molecular formula is C15H17BrN2O. The minimum atomic E-state index is -0.0436. The van der Waals surface area contributed by atoms with Crippen molar-refractivity contribution in [2.75, 3.05) is 6.61 Å². The summed E-state index contributed by atoms with van der Waals surface area (Å²) >= 11 is 3.45. The van der Waals surface area contributed by atoms with Crippen LogP contribution in [0.3, 0.4) is 0 Å². The van der Waals surface area contributed by atoms with E-state index in [-0.39, 0.29) is 6.04 Å². The Morgan fingerprint density at radius 2 is 2.16 bits per heavy atom. The number of hydrogen-bond donors (Lipinski definition) is 1. The molecule has 1 aromatic carbocycles. The van der Waals surface area contributed by atoms with Crippen LogP contribution in [0.5, 0.6) is 5.75 Å². The first-order valence-electron chi connectivity index (χ1n) is 6.24. The Bertz CT molecular complexity index is 529. The summed E-state index contributed by atoms with van der Waals surface area (Å²) in [6.45, 7) is 2.54. The zero-order valence-electron chi connectivity index (χ0n) is 10.8. The zero-order chi connectivity index (χ0) is 13.7. The minimum absolute atomic E-state index is 0.0436. The Labute approximate surface area is 121 Å². The van der Waals surface area contributed by atoms with Crippen LogP contribution in [0.2, 0.25) is 0 Å². The molecule has 0 saturated heterocycles. The maximum absolute atomic E-state index is 5.94. The van der Waals surface area contributed by atoms with Crippen molar-refractivity contribution in [3.05, 3.63) is 58.3 Å². The van der Waals surface area contributed by atoms with E-state index in [2.05, 4.69) is 20.9 Å². The van der Waals surface area contributed by atoms with Crippen LogP contribution in [0.25, 0.3) is 0 Å². The molecule has 0 aliphatic rings. The topological polar surface area (TPSA) is 48.1 Å². The highest BCUT2D eigenvalue weighted by Gasteiger charge is 2.08. The van der Waals surface area contributed by atoms with Crippen LogP contribution < -0.4 is 10.5 Å². The van der Waals surface area contributed by atoms with E-state index in [1.54, 1.807) is 6.20 Å². The molecule has 4 heteroatoms. The largest absolute Gasteiger partial charge is 0.493 e. The summed E-state index contributed by atoms with van der Waals surface area (Å²) in [4.78, 5) is 4.27. The first-order chi connectivity index (χ1) is 9.16. The molecule has 0 spiro atoms. The molecule has 0 unspecified atom stereocenters. The first-order valence-corrected chi connectivity index (χ1v) is 7.04. The van der Waals surface area contributed by atoms with Crippen molar-refractivity contribution in [3.8, 4) is 5.75 Å². The van der Waals surface area contributed by atoms with Gasteiger partial charge in [0.05, 0.1) is 6.61 Å². The number of hydrogen-bond acceptors (Lipinski definition) is 3. The molecule has 1 aromatic heterocycles. The van der Waals surface area contributed by atoms with Gasteiger partial charge in [-0.25, -0.2) is 0 Å². The number of pyridine rings is 1. The zero-order valence-corrected chi connectivity index (χ0v) is 12.4. The summed E-state index contributed by atoms with van der Waals surface area (Å²) in [5.74, 6) is 0.834. The van der Waals surface area contributed by atoms with Gasteiger partial charge in [-0.3, -0.25) is 4.98 Å². The predicted molar refractivity (Wildman–Crippen MR) is 80.2 cm³/mol. The van der Waals surface area contributed by atoms with Crippen molar-refractivity contribution < 1.29 is 4.74 Å². The highest BCUT2D eigenvalue weighted by Crippen LogP contribution is 2.27.